The topological polar surface area (TPSA) is 92.7 Å². The number of thiol groups is 1. The highest BCUT2D eigenvalue weighted by atomic mass is 32.1. The highest BCUT2D eigenvalue weighted by Gasteiger charge is 2.23. The van der Waals surface area contributed by atoms with Gasteiger partial charge in [-0.25, -0.2) is 24.3 Å². The Morgan fingerprint density at radius 2 is 0.983 bits per heavy atom. The molecule has 0 unspecified atom stereocenters. The normalized spacial score (nSPS) is 13.1. The van der Waals surface area contributed by atoms with Gasteiger partial charge in [0.25, 0.3) is 0 Å². The van der Waals surface area contributed by atoms with Crippen molar-refractivity contribution >= 4 is 63.0 Å². The van der Waals surface area contributed by atoms with Gasteiger partial charge in [0.15, 0.2) is 17.5 Å². The number of hydrogen-bond donors (Lipinski definition) is 2. The molecule has 0 atom stereocenters. The molecule has 0 saturated heterocycles. The van der Waals surface area contributed by atoms with Crippen molar-refractivity contribution in [3.8, 4) is 62.2 Å². The Morgan fingerprint density at radius 1 is 0.450 bits per heavy atom. The molecule has 1 aliphatic rings. The van der Waals surface area contributed by atoms with E-state index in [4.69, 9.17) is 25.3 Å². The molecular formula is C52H33N7S. The Bertz CT molecular complexity index is 3330. The predicted molar refractivity (Wildman–Crippen MR) is 249 cm³/mol. The van der Waals surface area contributed by atoms with Gasteiger partial charge in [0, 0.05) is 55.2 Å². The molecule has 11 rings (SSSR count). The average Bonchev–Trinajstić information content (AvgIpc) is 3.66. The van der Waals surface area contributed by atoms with Crippen molar-refractivity contribution in [2.75, 3.05) is 0 Å². The molecule has 0 spiro atoms. The highest BCUT2D eigenvalue weighted by molar-refractivity contribution is 7.79. The molecule has 0 fully saturated rings. The fourth-order valence-electron chi connectivity index (χ4n) is 8.30. The first-order valence-corrected chi connectivity index (χ1v) is 20.1. The van der Waals surface area contributed by atoms with Crippen LogP contribution in [0.15, 0.2) is 186 Å². The predicted octanol–water partition coefficient (Wildman–Crippen LogP) is 12.5. The molecule has 0 saturated carbocycles. The van der Waals surface area contributed by atoms with Gasteiger partial charge in [-0.3, -0.25) is 5.41 Å². The van der Waals surface area contributed by atoms with E-state index in [1.807, 2.05) is 78.9 Å². The monoisotopic (exact) mass is 787 g/mol. The zero-order valence-corrected chi connectivity index (χ0v) is 32.9. The van der Waals surface area contributed by atoms with Gasteiger partial charge in [-0.05, 0) is 84.6 Å². The van der Waals surface area contributed by atoms with Crippen LogP contribution in [0.4, 0.5) is 0 Å². The third-order valence-corrected chi connectivity index (χ3v) is 11.4. The molecular weight excluding hydrogens is 755 g/mol. The van der Waals surface area contributed by atoms with Crippen LogP contribution in [-0.2, 0) is 0 Å². The smallest absolute Gasteiger partial charge is 0.164 e. The molecule has 0 bridgehead atoms. The van der Waals surface area contributed by atoms with Crippen LogP contribution in [0, 0.1) is 5.41 Å². The van der Waals surface area contributed by atoms with Crippen molar-refractivity contribution in [2.45, 2.75) is 0 Å². The number of hydrogen-bond acceptors (Lipinski definition) is 7. The van der Waals surface area contributed by atoms with Crippen LogP contribution in [0.25, 0.3) is 101 Å². The van der Waals surface area contributed by atoms with Crippen molar-refractivity contribution in [3.63, 3.8) is 0 Å². The minimum Gasteiger partial charge on any atom is -0.309 e. The van der Waals surface area contributed by atoms with Crippen molar-refractivity contribution in [3.05, 3.63) is 193 Å². The molecule has 60 heavy (non-hydrogen) atoms. The minimum absolute atomic E-state index is 0.337. The van der Waals surface area contributed by atoms with E-state index in [1.54, 1.807) is 0 Å². The van der Waals surface area contributed by atoms with Gasteiger partial charge < -0.3 is 4.57 Å². The Balaban J connectivity index is 0.963. The van der Waals surface area contributed by atoms with E-state index in [2.05, 4.69) is 131 Å². The molecule has 3 heterocycles. The third-order valence-electron chi connectivity index (χ3n) is 11.2. The molecule has 0 amide bonds. The summed E-state index contributed by atoms with van der Waals surface area (Å²) in [6.07, 6.45) is 3.82. The SMILES string of the molecule is N=C1/C(=N\S)C=Cc2c(-c3ccc(-c4cccc(-c5nc(-c6ccccc6)nc(-c6ccc(-n7c8ccccc8c8ccccc87)cc6)n5)c4)cc3)nc3ccccc3c21. The van der Waals surface area contributed by atoms with Crippen molar-refractivity contribution in [1.82, 2.24) is 24.5 Å². The number of aromatic nitrogens is 5. The molecule has 10 aromatic rings. The first-order chi connectivity index (χ1) is 29.6. The van der Waals surface area contributed by atoms with Crippen LogP contribution in [0.3, 0.4) is 0 Å². The van der Waals surface area contributed by atoms with Crippen LogP contribution in [0.2, 0.25) is 0 Å². The van der Waals surface area contributed by atoms with E-state index in [0.29, 0.717) is 28.9 Å². The first kappa shape index (κ1) is 35.4. The van der Waals surface area contributed by atoms with Crippen LogP contribution in [0.5, 0.6) is 0 Å². The second-order valence-electron chi connectivity index (χ2n) is 14.7. The van der Waals surface area contributed by atoms with Crippen molar-refractivity contribution in [1.29, 1.82) is 5.41 Å². The quantitative estimate of drug-likeness (QED) is 0.164. The minimum atomic E-state index is 0.337. The largest absolute Gasteiger partial charge is 0.309 e. The number of nitrogens with one attached hydrogen (secondary N) is 1. The number of para-hydroxylation sites is 3. The summed E-state index contributed by atoms with van der Waals surface area (Å²) in [5.74, 6) is 1.80. The highest BCUT2D eigenvalue weighted by Crippen LogP contribution is 2.37. The summed E-state index contributed by atoms with van der Waals surface area (Å²) in [5.41, 5.74) is 13.3. The second kappa shape index (κ2) is 14.5. The number of nitrogens with zero attached hydrogens (tertiary/aromatic N) is 6. The zero-order valence-electron chi connectivity index (χ0n) is 32.0. The Hall–Kier alpha value is -7.81. The Labute approximate surface area is 351 Å². The zero-order chi connectivity index (χ0) is 40.2. The third kappa shape index (κ3) is 6.01. The molecule has 7 nitrogen and oxygen atoms in total. The maximum atomic E-state index is 8.94. The van der Waals surface area contributed by atoms with E-state index in [-0.39, 0.29) is 0 Å². The van der Waals surface area contributed by atoms with Crippen molar-refractivity contribution in [2.24, 2.45) is 4.40 Å². The summed E-state index contributed by atoms with van der Waals surface area (Å²) in [6.45, 7) is 0. The Kier molecular flexibility index (Phi) is 8.57. The van der Waals surface area contributed by atoms with Crippen molar-refractivity contribution < 1.29 is 0 Å². The summed E-state index contributed by atoms with van der Waals surface area (Å²) in [6, 6.07) is 60.3. The lowest BCUT2D eigenvalue weighted by Crippen LogP contribution is -2.18. The maximum absolute atomic E-state index is 8.94. The summed E-state index contributed by atoms with van der Waals surface area (Å²) in [7, 11) is 0. The summed E-state index contributed by atoms with van der Waals surface area (Å²) >= 11 is 4.12. The fraction of sp³-hybridized carbons (Fsp3) is 0. The maximum Gasteiger partial charge on any atom is 0.164 e. The van der Waals surface area contributed by atoms with Crippen LogP contribution in [-0.4, -0.2) is 35.9 Å². The van der Waals surface area contributed by atoms with Gasteiger partial charge in [0.2, 0.25) is 0 Å². The van der Waals surface area contributed by atoms with E-state index >= 15 is 0 Å². The lowest BCUT2D eigenvalue weighted by molar-refractivity contribution is 1.07. The lowest BCUT2D eigenvalue weighted by Gasteiger charge is -2.19. The number of benzene rings is 7. The second-order valence-corrected chi connectivity index (χ2v) is 14.9. The molecule has 1 aliphatic carbocycles. The molecule has 282 valence electrons. The summed E-state index contributed by atoms with van der Waals surface area (Å²) < 4.78 is 6.36. The fourth-order valence-corrected chi connectivity index (χ4v) is 8.47. The lowest BCUT2D eigenvalue weighted by atomic mass is 9.88. The first-order valence-electron chi connectivity index (χ1n) is 19.7. The number of fused-ring (bicyclic) bond motifs is 6. The van der Waals surface area contributed by atoms with Crippen LogP contribution in [0.1, 0.15) is 11.1 Å². The van der Waals surface area contributed by atoms with Gasteiger partial charge in [0.05, 0.1) is 33.7 Å². The van der Waals surface area contributed by atoms with E-state index in [9.17, 15) is 0 Å². The number of pyridine rings is 1. The van der Waals surface area contributed by atoms with E-state index in [0.717, 1.165) is 77.8 Å². The molecule has 7 aromatic carbocycles. The van der Waals surface area contributed by atoms with Gasteiger partial charge >= 0.3 is 0 Å². The van der Waals surface area contributed by atoms with Gasteiger partial charge in [-0.15, -0.1) is 0 Å². The van der Waals surface area contributed by atoms with Gasteiger partial charge in [-0.2, -0.15) is 0 Å². The standard InChI is InChI=1S/C52H33N7S/c53-48-44(58-60)30-29-42-47(48)41-17-4-7-18-43(41)54-49(42)33-23-21-32(22-24-33)36-13-10-14-37(31-36)52-56-50(34-11-2-1-3-12-34)55-51(57-52)35-25-27-38(28-26-35)59-45-19-8-5-15-39(45)40-16-6-9-20-46(40)59/h1-31,53,60H/b53-48?,58-44-. The molecule has 0 radical (unpaired) electrons. The molecule has 8 heteroatoms. The van der Waals surface area contributed by atoms with Gasteiger partial charge in [-0.1, -0.05) is 127 Å². The average molecular weight is 788 g/mol. The van der Waals surface area contributed by atoms with Gasteiger partial charge in [0.1, 0.15) is 0 Å². The number of allylic oxidation sites excluding steroid dienone is 1. The summed E-state index contributed by atoms with van der Waals surface area (Å²) in [5, 5.41) is 12.3. The molecule has 1 N–H and O–H groups in total. The summed E-state index contributed by atoms with van der Waals surface area (Å²) in [4.78, 5) is 20.2. The van der Waals surface area contributed by atoms with Crippen LogP contribution < -0.4 is 0 Å². The molecule has 3 aromatic heterocycles. The van der Waals surface area contributed by atoms with Crippen LogP contribution >= 0.6 is 12.8 Å². The van der Waals surface area contributed by atoms with E-state index < -0.39 is 0 Å². The van der Waals surface area contributed by atoms with E-state index in [1.165, 1.54) is 10.8 Å². The Morgan fingerprint density at radius 3 is 1.67 bits per heavy atom. The number of rotatable bonds is 6. The molecule has 0 aliphatic heterocycles.